The molecule has 1 aliphatic rings. The molecule has 3 heteroatoms. The molecule has 2 aromatic carbocycles. The number of nitrogens with one attached hydrogen (secondary N) is 1. The molecule has 3 rings (SSSR count). The Kier molecular flexibility index (Phi) is 5.12. The highest BCUT2D eigenvalue weighted by molar-refractivity contribution is 5.78. The topological polar surface area (TPSA) is 38.3 Å². The van der Waals surface area contributed by atoms with E-state index in [1.54, 1.807) is 0 Å². The smallest absolute Gasteiger partial charge is 0.258 e. The van der Waals surface area contributed by atoms with E-state index in [9.17, 15) is 4.79 Å². The van der Waals surface area contributed by atoms with Gasteiger partial charge in [-0.15, -0.1) is 0 Å². The van der Waals surface area contributed by atoms with E-state index < -0.39 is 0 Å². The van der Waals surface area contributed by atoms with Crippen molar-refractivity contribution in [2.75, 3.05) is 6.61 Å². The number of carbonyl (C=O) groups excluding carboxylic acids is 1. The molecule has 0 saturated heterocycles. The first kappa shape index (κ1) is 17.5. The summed E-state index contributed by atoms with van der Waals surface area (Å²) in [6.45, 7) is 8.19. The van der Waals surface area contributed by atoms with Gasteiger partial charge in [-0.3, -0.25) is 4.79 Å². The summed E-state index contributed by atoms with van der Waals surface area (Å²) in [5, 5.41) is 3.04. The molecule has 2 aromatic rings. The van der Waals surface area contributed by atoms with Crippen molar-refractivity contribution in [1.29, 1.82) is 0 Å². The monoisotopic (exact) mass is 337 g/mol. The molecule has 25 heavy (non-hydrogen) atoms. The fraction of sp³-hybridized carbons (Fsp3) is 0.409. The Hall–Kier alpha value is -2.29. The summed E-state index contributed by atoms with van der Waals surface area (Å²) in [5.74, 6) is 0.699. The zero-order chi connectivity index (χ0) is 18.0. The van der Waals surface area contributed by atoms with Gasteiger partial charge in [0.1, 0.15) is 5.75 Å². The summed E-state index contributed by atoms with van der Waals surface area (Å²) < 4.78 is 5.76. The molecule has 0 aromatic heterocycles. The fourth-order valence-corrected chi connectivity index (χ4v) is 3.52. The van der Waals surface area contributed by atoms with E-state index in [0.717, 1.165) is 28.9 Å². The second-order valence-corrected chi connectivity index (χ2v) is 7.16. The normalized spacial score (nSPS) is 14.1. The third kappa shape index (κ3) is 4.04. The van der Waals surface area contributed by atoms with Crippen LogP contribution in [0, 0.1) is 20.8 Å². The first-order chi connectivity index (χ1) is 11.9. The average molecular weight is 337 g/mol. The number of fused-ring (bicyclic) bond motifs is 1. The Morgan fingerprint density at radius 3 is 2.68 bits per heavy atom. The van der Waals surface area contributed by atoms with Gasteiger partial charge in [0.15, 0.2) is 6.61 Å². The van der Waals surface area contributed by atoms with Crippen LogP contribution >= 0.6 is 0 Å². The third-order valence-corrected chi connectivity index (χ3v) is 5.12. The first-order valence-corrected chi connectivity index (χ1v) is 9.06. The predicted octanol–water partition coefficient (Wildman–Crippen LogP) is 4.36. The van der Waals surface area contributed by atoms with Gasteiger partial charge in [-0.05, 0) is 86.4 Å². The van der Waals surface area contributed by atoms with Gasteiger partial charge in [0.2, 0.25) is 0 Å². The van der Waals surface area contributed by atoms with E-state index in [2.05, 4.69) is 36.5 Å². The lowest BCUT2D eigenvalue weighted by Crippen LogP contribution is -2.31. The SMILES string of the molecule is Cc1cc(C)c(C)c(OCC(=O)NC(C)c2ccc3c(c2)CCC3)c1. The van der Waals surface area contributed by atoms with E-state index in [1.807, 2.05) is 26.8 Å². The van der Waals surface area contributed by atoms with E-state index in [1.165, 1.54) is 29.5 Å². The van der Waals surface area contributed by atoms with Crippen LogP contribution in [0.5, 0.6) is 5.75 Å². The van der Waals surface area contributed by atoms with Crippen molar-refractivity contribution in [3.8, 4) is 5.75 Å². The summed E-state index contributed by atoms with van der Waals surface area (Å²) in [6, 6.07) is 10.7. The van der Waals surface area contributed by atoms with Crippen molar-refractivity contribution in [2.24, 2.45) is 0 Å². The van der Waals surface area contributed by atoms with Gasteiger partial charge in [-0.1, -0.05) is 24.3 Å². The highest BCUT2D eigenvalue weighted by Crippen LogP contribution is 2.26. The Labute approximate surface area is 150 Å². The molecule has 1 atom stereocenters. The second-order valence-electron chi connectivity index (χ2n) is 7.16. The van der Waals surface area contributed by atoms with Crippen molar-refractivity contribution in [3.05, 3.63) is 63.7 Å². The Bertz CT molecular complexity index is 795. The van der Waals surface area contributed by atoms with E-state index in [-0.39, 0.29) is 18.6 Å². The lowest BCUT2D eigenvalue weighted by molar-refractivity contribution is -0.123. The number of ether oxygens (including phenoxy) is 1. The minimum absolute atomic E-state index is 0.0117. The summed E-state index contributed by atoms with van der Waals surface area (Å²) >= 11 is 0. The van der Waals surface area contributed by atoms with Crippen LogP contribution in [-0.4, -0.2) is 12.5 Å². The number of rotatable bonds is 5. The first-order valence-electron chi connectivity index (χ1n) is 9.06. The van der Waals surface area contributed by atoms with Crippen molar-refractivity contribution in [1.82, 2.24) is 5.32 Å². The molecule has 0 heterocycles. The van der Waals surface area contributed by atoms with Crippen molar-refractivity contribution in [2.45, 2.75) is 53.0 Å². The molecule has 0 bridgehead atoms. The zero-order valence-electron chi connectivity index (χ0n) is 15.6. The van der Waals surface area contributed by atoms with Crippen molar-refractivity contribution < 1.29 is 9.53 Å². The summed E-state index contributed by atoms with van der Waals surface area (Å²) in [5.41, 5.74) is 7.46. The minimum atomic E-state index is -0.0912. The van der Waals surface area contributed by atoms with Crippen molar-refractivity contribution >= 4 is 5.91 Å². The number of aryl methyl sites for hydroxylation is 4. The van der Waals surface area contributed by atoms with Crippen LogP contribution in [0.2, 0.25) is 0 Å². The maximum atomic E-state index is 12.3. The highest BCUT2D eigenvalue weighted by Gasteiger charge is 2.15. The predicted molar refractivity (Wildman–Crippen MR) is 101 cm³/mol. The maximum absolute atomic E-state index is 12.3. The molecule has 0 fully saturated rings. The highest BCUT2D eigenvalue weighted by atomic mass is 16.5. The van der Waals surface area contributed by atoms with Gasteiger partial charge in [0.05, 0.1) is 6.04 Å². The molecule has 0 saturated carbocycles. The minimum Gasteiger partial charge on any atom is -0.483 e. The number of benzene rings is 2. The standard InChI is InChI=1S/C22H27NO2/c1-14-10-15(2)16(3)21(11-14)25-13-22(24)23-17(4)19-9-8-18-6-5-7-20(18)12-19/h8-12,17H,5-7,13H2,1-4H3,(H,23,24). The molecule has 1 amide bonds. The molecule has 1 N–H and O–H groups in total. The van der Waals surface area contributed by atoms with Crippen LogP contribution in [0.3, 0.4) is 0 Å². The Balaban J connectivity index is 1.59. The molecule has 132 valence electrons. The maximum Gasteiger partial charge on any atom is 0.258 e. The number of carbonyl (C=O) groups is 1. The molecule has 0 aliphatic heterocycles. The summed E-state index contributed by atoms with van der Waals surface area (Å²) in [6.07, 6.45) is 3.57. The van der Waals surface area contributed by atoms with Crippen LogP contribution in [0.25, 0.3) is 0 Å². The van der Waals surface area contributed by atoms with Crippen LogP contribution in [0.4, 0.5) is 0 Å². The molecular formula is C22H27NO2. The van der Waals surface area contributed by atoms with Gasteiger partial charge in [-0.2, -0.15) is 0 Å². The van der Waals surface area contributed by atoms with Crippen molar-refractivity contribution in [3.63, 3.8) is 0 Å². The van der Waals surface area contributed by atoms with Crippen LogP contribution in [0.15, 0.2) is 30.3 Å². The molecule has 3 nitrogen and oxygen atoms in total. The Morgan fingerprint density at radius 2 is 1.88 bits per heavy atom. The van der Waals surface area contributed by atoms with Gasteiger partial charge < -0.3 is 10.1 Å². The largest absolute Gasteiger partial charge is 0.483 e. The molecular weight excluding hydrogens is 310 g/mol. The average Bonchev–Trinajstić information content (AvgIpc) is 3.04. The van der Waals surface area contributed by atoms with E-state index in [0.29, 0.717) is 0 Å². The van der Waals surface area contributed by atoms with Crippen LogP contribution < -0.4 is 10.1 Å². The number of hydrogen-bond donors (Lipinski definition) is 1. The lowest BCUT2D eigenvalue weighted by Gasteiger charge is -2.17. The van der Waals surface area contributed by atoms with Gasteiger partial charge in [0, 0.05) is 0 Å². The second kappa shape index (κ2) is 7.30. The molecule has 0 spiro atoms. The fourth-order valence-electron chi connectivity index (χ4n) is 3.52. The number of amides is 1. The van der Waals surface area contributed by atoms with E-state index in [4.69, 9.17) is 4.74 Å². The lowest BCUT2D eigenvalue weighted by atomic mass is 10.0. The molecule has 1 aliphatic carbocycles. The van der Waals surface area contributed by atoms with Gasteiger partial charge in [-0.25, -0.2) is 0 Å². The third-order valence-electron chi connectivity index (χ3n) is 5.12. The van der Waals surface area contributed by atoms with Crippen LogP contribution in [-0.2, 0) is 17.6 Å². The molecule has 1 unspecified atom stereocenters. The summed E-state index contributed by atoms with van der Waals surface area (Å²) in [7, 11) is 0. The zero-order valence-corrected chi connectivity index (χ0v) is 15.6. The quantitative estimate of drug-likeness (QED) is 0.880. The van der Waals surface area contributed by atoms with E-state index >= 15 is 0 Å². The summed E-state index contributed by atoms with van der Waals surface area (Å²) in [4.78, 5) is 12.3. The Morgan fingerprint density at radius 1 is 1.12 bits per heavy atom. The number of hydrogen-bond acceptors (Lipinski definition) is 2. The molecule has 0 radical (unpaired) electrons. The van der Waals surface area contributed by atoms with Gasteiger partial charge >= 0.3 is 0 Å². The van der Waals surface area contributed by atoms with Gasteiger partial charge in [0.25, 0.3) is 5.91 Å². The van der Waals surface area contributed by atoms with Crippen LogP contribution in [0.1, 0.15) is 52.8 Å².